The van der Waals surface area contributed by atoms with E-state index in [-0.39, 0.29) is 11.8 Å². The van der Waals surface area contributed by atoms with Crippen molar-refractivity contribution in [3.63, 3.8) is 0 Å². The predicted molar refractivity (Wildman–Crippen MR) is 112 cm³/mol. The molecule has 0 aromatic heterocycles. The van der Waals surface area contributed by atoms with E-state index >= 15 is 0 Å². The number of carbonyl (C=O) groups is 2. The maximum atomic E-state index is 13.3. The van der Waals surface area contributed by atoms with Crippen molar-refractivity contribution in [3.05, 3.63) is 94.8 Å². The molecule has 3 aromatic rings. The molecule has 1 aliphatic heterocycles. The number of nitrogens with zero attached hydrogens (tertiary/aromatic N) is 1. The number of anilines is 2. The van der Waals surface area contributed by atoms with Gasteiger partial charge in [0.05, 0.1) is 0 Å². The molecule has 5 heteroatoms. The monoisotopic (exact) mass is 388 g/mol. The van der Waals surface area contributed by atoms with Crippen LogP contribution in [0.3, 0.4) is 0 Å². The summed E-state index contributed by atoms with van der Waals surface area (Å²) < 4.78 is 13.3. The standard InChI is InChI=1S/C24H21FN2O2/c1-16-5-2-6-19(13-16)24(29)27-12-4-7-17-14-18(10-11-22(17)27)23(28)26-21-9-3-8-20(25)15-21/h2-3,5-6,8-11,13-15H,4,7,12H2,1H3,(H,26,28). The summed E-state index contributed by atoms with van der Waals surface area (Å²) in [4.78, 5) is 27.4. The number of carbonyl (C=O) groups excluding carboxylic acids is 2. The van der Waals surface area contributed by atoms with Crippen LogP contribution in [-0.4, -0.2) is 18.4 Å². The third kappa shape index (κ3) is 4.04. The van der Waals surface area contributed by atoms with Crippen molar-refractivity contribution in [2.75, 3.05) is 16.8 Å². The summed E-state index contributed by atoms with van der Waals surface area (Å²) in [6.07, 6.45) is 1.63. The maximum Gasteiger partial charge on any atom is 0.258 e. The van der Waals surface area contributed by atoms with Gasteiger partial charge in [0.15, 0.2) is 0 Å². The maximum absolute atomic E-state index is 13.3. The van der Waals surface area contributed by atoms with Crippen LogP contribution in [0.2, 0.25) is 0 Å². The van der Waals surface area contributed by atoms with Crippen molar-refractivity contribution >= 4 is 23.2 Å². The molecule has 2 amide bonds. The van der Waals surface area contributed by atoms with Gasteiger partial charge in [-0.2, -0.15) is 0 Å². The van der Waals surface area contributed by atoms with Crippen LogP contribution in [0.1, 0.15) is 38.3 Å². The first kappa shape index (κ1) is 18.9. The average Bonchev–Trinajstić information content (AvgIpc) is 2.72. The highest BCUT2D eigenvalue weighted by Crippen LogP contribution is 2.30. The molecule has 0 aliphatic carbocycles. The van der Waals surface area contributed by atoms with Gasteiger partial charge in [0, 0.05) is 29.0 Å². The second-order valence-corrected chi connectivity index (χ2v) is 7.24. The second-order valence-electron chi connectivity index (χ2n) is 7.24. The highest BCUT2D eigenvalue weighted by atomic mass is 19.1. The summed E-state index contributed by atoms with van der Waals surface area (Å²) >= 11 is 0. The Balaban J connectivity index is 1.58. The number of amides is 2. The van der Waals surface area contributed by atoms with Gasteiger partial charge in [0.1, 0.15) is 5.82 Å². The van der Waals surface area contributed by atoms with Crippen molar-refractivity contribution in [1.29, 1.82) is 0 Å². The van der Waals surface area contributed by atoms with E-state index in [9.17, 15) is 14.0 Å². The Kier molecular flexibility index (Phi) is 5.12. The minimum Gasteiger partial charge on any atom is -0.322 e. The van der Waals surface area contributed by atoms with Crippen LogP contribution in [0.5, 0.6) is 0 Å². The van der Waals surface area contributed by atoms with Gasteiger partial charge in [-0.15, -0.1) is 0 Å². The first-order valence-electron chi connectivity index (χ1n) is 9.59. The van der Waals surface area contributed by atoms with Crippen molar-refractivity contribution in [3.8, 4) is 0 Å². The average molecular weight is 388 g/mol. The van der Waals surface area contributed by atoms with Crippen LogP contribution in [0.15, 0.2) is 66.7 Å². The van der Waals surface area contributed by atoms with Gasteiger partial charge < -0.3 is 10.2 Å². The van der Waals surface area contributed by atoms with Crippen LogP contribution in [0.4, 0.5) is 15.8 Å². The third-order valence-corrected chi connectivity index (χ3v) is 5.05. The van der Waals surface area contributed by atoms with E-state index in [1.165, 1.54) is 12.1 Å². The minimum atomic E-state index is -0.404. The Bertz CT molecular complexity index is 1090. The first-order valence-corrected chi connectivity index (χ1v) is 9.59. The molecule has 0 spiro atoms. The molecule has 29 heavy (non-hydrogen) atoms. The number of halogens is 1. The van der Waals surface area contributed by atoms with Crippen LogP contribution in [-0.2, 0) is 6.42 Å². The first-order chi connectivity index (χ1) is 14.0. The molecule has 1 aliphatic rings. The van der Waals surface area contributed by atoms with E-state index in [1.54, 1.807) is 23.1 Å². The molecule has 0 unspecified atom stereocenters. The van der Waals surface area contributed by atoms with E-state index < -0.39 is 5.82 Å². The fraction of sp³-hybridized carbons (Fsp3) is 0.167. The van der Waals surface area contributed by atoms with Crippen molar-refractivity contribution in [1.82, 2.24) is 0 Å². The van der Waals surface area contributed by atoms with Gasteiger partial charge in [-0.1, -0.05) is 23.8 Å². The number of benzene rings is 3. The lowest BCUT2D eigenvalue weighted by molar-refractivity contribution is 0.0984. The van der Waals surface area contributed by atoms with Crippen LogP contribution in [0.25, 0.3) is 0 Å². The molecule has 146 valence electrons. The van der Waals surface area contributed by atoms with Gasteiger partial charge in [0.2, 0.25) is 0 Å². The zero-order chi connectivity index (χ0) is 20.4. The summed E-state index contributed by atoms with van der Waals surface area (Å²) in [5.74, 6) is -0.745. The predicted octanol–water partition coefficient (Wildman–Crippen LogP) is 4.98. The van der Waals surface area contributed by atoms with Gasteiger partial charge in [-0.25, -0.2) is 4.39 Å². The molecular weight excluding hydrogens is 367 g/mol. The highest BCUT2D eigenvalue weighted by molar-refractivity contribution is 6.08. The third-order valence-electron chi connectivity index (χ3n) is 5.05. The Labute approximate surface area is 169 Å². The molecule has 0 atom stereocenters. The number of aryl methyl sites for hydroxylation is 2. The Morgan fingerprint density at radius 1 is 0.966 bits per heavy atom. The van der Waals surface area contributed by atoms with Crippen LogP contribution < -0.4 is 10.2 Å². The van der Waals surface area contributed by atoms with Crippen LogP contribution in [0, 0.1) is 12.7 Å². The smallest absolute Gasteiger partial charge is 0.258 e. The number of hydrogen-bond acceptors (Lipinski definition) is 2. The van der Waals surface area contributed by atoms with Crippen molar-refractivity contribution in [2.45, 2.75) is 19.8 Å². The molecule has 0 saturated carbocycles. The summed E-state index contributed by atoms with van der Waals surface area (Å²) in [5, 5.41) is 2.71. The molecule has 0 fully saturated rings. The fourth-order valence-electron chi connectivity index (χ4n) is 3.65. The quantitative estimate of drug-likeness (QED) is 0.688. The highest BCUT2D eigenvalue weighted by Gasteiger charge is 2.24. The van der Waals surface area contributed by atoms with Crippen LogP contribution >= 0.6 is 0 Å². The molecule has 0 radical (unpaired) electrons. The zero-order valence-electron chi connectivity index (χ0n) is 16.1. The van der Waals surface area contributed by atoms with E-state index in [0.29, 0.717) is 23.4 Å². The fourth-order valence-corrected chi connectivity index (χ4v) is 3.65. The van der Waals surface area contributed by atoms with Crippen molar-refractivity contribution < 1.29 is 14.0 Å². The zero-order valence-corrected chi connectivity index (χ0v) is 16.1. The molecular formula is C24H21FN2O2. The number of fused-ring (bicyclic) bond motifs is 1. The molecule has 4 rings (SSSR count). The molecule has 1 heterocycles. The number of nitrogens with one attached hydrogen (secondary N) is 1. The summed E-state index contributed by atoms with van der Waals surface area (Å²) in [6, 6.07) is 18.7. The molecule has 3 aromatic carbocycles. The van der Waals surface area contributed by atoms with E-state index in [0.717, 1.165) is 29.7 Å². The Morgan fingerprint density at radius 2 is 1.79 bits per heavy atom. The van der Waals surface area contributed by atoms with Gasteiger partial charge in [0.25, 0.3) is 11.8 Å². The van der Waals surface area contributed by atoms with Gasteiger partial charge >= 0.3 is 0 Å². The van der Waals surface area contributed by atoms with Crippen molar-refractivity contribution in [2.24, 2.45) is 0 Å². The molecule has 1 N–H and O–H groups in total. The Morgan fingerprint density at radius 3 is 2.59 bits per heavy atom. The summed E-state index contributed by atoms with van der Waals surface area (Å²) in [5.41, 5.74) is 4.39. The topological polar surface area (TPSA) is 49.4 Å². The number of rotatable bonds is 3. The lowest BCUT2D eigenvalue weighted by Crippen LogP contribution is -2.35. The largest absolute Gasteiger partial charge is 0.322 e. The summed E-state index contributed by atoms with van der Waals surface area (Å²) in [6.45, 7) is 2.61. The lowest BCUT2D eigenvalue weighted by atomic mass is 9.98. The van der Waals surface area contributed by atoms with E-state index in [1.807, 2.05) is 43.3 Å². The second kappa shape index (κ2) is 7.87. The molecule has 0 bridgehead atoms. The van der Waals surface area contributed by atoms with Gasteiger partial charge in [-0.3, -0.25) is 9.59 Å². The summed E-state index contributed by atoms with van der Waals surface area (Å²) in [7, 11) is 0. The lowest BCUT2D eigenvalue weighted by Gasteiger charge is -2.30. The number of hydrogen-bond donors (Lipinski definition) is 1. The normalized spacial score (nSPS) is 13.0. The molecule has 4 nitrogen and oxygen atoms in total. The minimum absolute atomic E-state index is 0.0355. The Hall–Kier alpha value is -3.47. The van der Waals surface area contributed by atoms with E-state index in [2.05, 4.69) is 5.32 Å². The molecule has 0 saturated heterocycles. The van der Waals surface area contributed by atoms with E-state index in [4.69, 9.17) is 0 Å². The van der Waals surface area contributed by atoms with Gasteiger partial charge in [-0.05, 0) is 73.9 Å². The SMILES string of the molecule is Cc1cccc(C(=O)N2CCCc3cc(C(=O)Nc4cccc(F)c4)ccc32)c1.